The SMILES string of the molecule is CC(=O)c1ccc(NC(=O)CSc2nnc3ccc(-c4ccco4)nn23)cc1. The molecule has 0 bridgehead atoms. The molecular weight excluding hydrogens is 378 g/mol. The molecule has 8 nitrogen and oxygen atoms in total. The highest BCUT2D eigenvalue weighted by atomic mass is 32.2. The molecule has 0 saturated carbocycles. The number of carbonyl (C=O) groups is 2. The van der Waals surface area contributed by atoms with Crippen molar-refractivity contribution in [1.29, 1.82) is 0 Å². The Morgan fingerprint density at radius 2 is 1.93 bits per heavy atom. The normalized spacial score (nSPS) is 10.9. The maximum atomic E-state index is 12.2. The second kappa shape index (κ2) is 7.65. The summed E-state index contributed by atoms with van der Waals surface area (Å²) in [7, 11) is 0. The number of rotatable bonds is 6. The number of aromatic nitrogens is 4. The Kier molecular flexibility index (Phi) is 4.90. The molecule has 28 heavy (non-hydrogen) atoms. The molecule has 3 aromatic heterocycles. The first-order valence-electron chi connectivity index (χ1n) is 8.40. The largest absolute Gasteiger partial charge is 0.463 e. The van der Waals surface area contributed by atoms with Crippen molar-refractivity contribution >= 4 is 34.8 Å². The molecule has 0 radical (unpaired) electrons. The zero-order chi connectivity index (χ0) is 19.5. The number of Topliss-reactive ketones (excluding diaryl/α,β-unsaturated/α-hetero) is 1. The van der Waals surface area contributed by atoms with Crippen LogP contribution in [0.15, 0.2) is 64.4 Å². The Balaban J connectivity index is 1.44. The van der Waals surface area contributed by atoms with Crippen LogP contribution >= 0.6 is 11.8 Å². The summed E-state index contributed by atoms with van der Waals surface area (Å²) >= 11 is 1.23. The van der Waals surface area contributed by atoms with Crippen LogP contribution in [0.25, 0.3) is 17.1 Å². The van der Waals surface area contributed by atoms with E-state index in [2.05, 4.69) is 20.6 Å². The fraction of sp³-hybridized carbons (Fsp3) is 0.105. The van der Waals surface area contributed by atoms with Crippen molar-refractivity contribution in [3.8, 4) is 11.5 Å². The minimum absolute atomic E-state index is 0.0199. The van der Waals surface area contributed by atoms with E-state index in [9.17, 15) is 9.59 Å². The third-order valence-electron chi connectivity index (χ3n) is 3.92. The summed E-state index contributed by atoms with van der Waals surface area (Å²) in [5.41, 5.74) is 2.45. The summed E-state index contributed by atoms with van der Waals surface area (Å²) in [6.45, 7) is 1.50. The quantitative estimate of drug-likeness (QED) is 0.396. The lowest BCUT2D eigenvalue weighted by atomic mass is 10.1. The number of nitrogens with one attached hydrogen (secondary N) is 1. The van der Waals surface area contributed by atoms with Crippen LogP contribution in [-0.2, 0) is 4.79 Å². The molecule has 0 aliphatic carbocycles. The van der Waals surface area contributed by atoms with E-state index in [4.69, 9.17) is 4.42 Å². The summed E-state index contributed by atoms with van der Waals surface area (Å²) in [6, 6.07) is 13.9. The van der Waals surface area contributed by atoms with Gasteiger partial charge in [-0.15, -0.1) is 10.2 Å². The average Bonchev–Trinajstić information content (AvgIpc) is 3.36. The summed E-state index contributed by atoms with van der Waals surface area (Å²) in [6.07, 6.45) is 1.58. The van der Waals surface area contributed by atoms with Gasteiger partial charge in [0.15, 0.2) is 17.2 Å². The highest BCUT2D eigenvalue weighted by molar-refractivity contribution is 7.99. The zero-order valence-corrected chi connectivity index (χ0v) is 15.6. The molecule has 4 rings (SSSR count). The fourth-order valence-electron chi connectivity index (χ4n) is 2.53. The van der Waals surface area contributed by atoms with Gasteiger partial charge in [0, 0.05) is 11.3 Å². The van der Waals surface area contributed by atoms with Crippen molar-refractivity contribution in [3.05, 3.63) is 60.4 Å². The Labute approximate surface area is 164 Å². The predicted octanol–water partition coefficient (Wildman–Crippen LogP) is 3.32. The van der Waals surface area contributed by atoms with Crippen LogP contribution in [0, 0.1) is 0 Å². The summed E-state index contributed by atoms with van der Waals surface area (Å²) in [5, 5.41) is 15.9. The van der Waals surface area contributed by atoms with Gasteiger partial charge >= 0.3 is 0 Å². The number of carbonyl (C=O) groups excluding carboxylic acids is 2. The van der Waals surface area contributed by atoms with Gasteiger partial charge in [0.25, 0.3) is 0 Å². The van der Waals surface area contributed by atoms with Gasteiger partial charge in [-0.05, 0) is 55.5 Å². The Hall–Kier alpha value is -3.46. The van der Waals surface area contributed by atoms with Gasteiger partial charge in [-0.2, -0.15) is 9.61 Å². The number of ketones is 1. The van der Waals surface area contributed by atoms with Crippen molar-refractivity contribution in [1.82, 2.24) is 19.8 Å². The maximum Gasteiger partial charge on any atom is 0.234 e. The van der Waals surface area contributed by atoms with Crippen molar-refractivity contribution in [2.75, 3.05) is 11.1 Å². The van der Waals surface area contributed by atoms with E-state index < -0.39 is 0 Å². The van der Waals surface area contributed by atoms with Gasteiger partial charge in [0.05, 0.1) is 12.0 Å². The van der Waals surface area contributed by atoms with Crippen molar-refractivity contribution in [3.63, 3.8) is 0 Å². The third-order valence-corrected chi connectivity index (χ3v) is 4.83. The molecule has 0 atom stereocenters. The third kappa shape index (κ3) is 3.79. The summed E-state index contributed by atoms with van der Waals surface area (Å²) in [5.74, 6) is 0.563. The van der Waals surface area contributed by atoms with Gasteiger partial charge in [-0.3, -0.25) is 9.59 Å². The Morgan fingerprint density at radius 3 is 2.64 bits per heavy atom. The van der Waals surface area contributed by atoms with Gasteiger partial charge in [-0.1, -0.05) is 11.8 Å². The topological polar surface area (TPSA) is 102 Å². The second-order valence-electron chi connectivity index (χ2n) is 5.92. The van der Waals surface area contributed by atoms with Crippen LogP contribution in [0.2, 0.25) is 0 Å². The summed E-state index contributed by atoms with van der Waals surface area (Å²) < 4.78 is 6.94. The smallest absolute Gasteiger partial charge is 0.234 e. The van der Waals surface area contributed by atoms with Crippen molar-refractivity contribution < 1.29 is 14.0 Å². The van der Waals surface area contributed by atoms with Crippen molar-refractivity contribution in [2.24, 2.45) is 0 Å². The number of furan rings is 1. The molecule has 0 fully saturated rings. The Morgan fingerprint density at radius 1 is 1.11 bits per heavy atom. The fourth-order valence-corrected chi connectivity index (χ4v) is 3.22. The molecule has 9 heteroatoms. The molecule has 1 aromatic carbocycles. The molecule has 0 aliphatic rings. The van der Waals surface area contributed by atoms with E-state index in [1.807, 2.05) is 6.07 Å². The number of benzene rings is 1. The number of anilines is 1. The molecular formula is C19H15N5O3S. The van der Waals surface area contributed by atoms with E-state index >= 15 is 0 Å². The van der Waals surface area contributed by atoms with Crippen molar-refractivity contribution in [2.45, 2.75) is 12.1 Å². The van der Waals surface area contributed by atoms with Gasteiger partial charge < -0.3 is 9.73 Å². The molecule has 4 aromatic rings. The van der Waals surface area contributed by atoms with Gasteiger partial charge in [-0.25, -0.2) is 0 Å². The Bertz CT molecular complexity index is 1140. The van der Waals surface area contributed by atoms with Crippen LogP contribution in [-0.4, -0.2) is 37.3 Å². The number of hydrogen-bond acceptors (Lipinski definition) is 7. The number of nitrogens with zero attached hydrogens (tertiary/aromatic N) is 4. The van der Waals surface area contributed by atoms with Gasteiger partial charge in [0.1, 0.15) is 5.69 Å². The van der Waals surface area contributed by atoms with E-state index in [1.165, 1.54) is 18.7 Å². The zero-order valence-electron chi connectivity index (χ0n) is 14.8. The number of fused-ring (bicyclic) bond motifs is 1. The lowest BCUT2D eigenvalue weighted by Crippen LogP contribution is -2.14. The highest BCUT2D eigenvalue weighted by Crippen LogP contribution is 2.21. The van der Waals surface area contributed by atoms with Gasteiger partial charge in [0.2, 0.25) is 11.1 Å². The highest BCUT2D eigenvalue weighted by Gasteiger charge is 2.12. The molecule has 0 spiro atoms. The minimum atomic E-state index is -0.195. The lowest BCUT2D eigenvalue weighted by Gasteiger charge is -2.05. The van der Waals surface area contributed by atoms with E-state index in [0.29, 0.717) is 33.5 Å². The number of thioether (sulfide) groups is 1. The molecule has 1 amide bonds. The molecule has 1 N–H and O–H groups in total. The molecule has 140 valence electrons. The first-order chi connectivity index (χ1) is 13.6. The second-order valence-corrected chi connectivity index (χ2v) is 6.86. The van der Waals surface area contributed by atoms with E-state index in [1.54, 1.807) is 53.2 Å². The monoisotopic (exact) mass is 393 g/mol. The standard InChI is InChI=1S/C19H15N5O3S/c1-12(25)13-4-6-14(7-5-13)20-18(26)11-28-19-22-21-17-9-8-15(23-24(17)19)16-3-2-10-27-16/h2-10H,11H2,1H3,(H,20,26). The van der Waals surface area contributed by atoms with Crippen LogP contribution in [0.1, 0.15) is 17.3 Å². The summed E-state index contributed by atoms with van der Waals surface area (Å²) in [4.78, 5) is 23.5. The van der Waals surface area contributed by atoms with Crippen LogP contribution in [0.4, 0.5) is 5.69 Å². The predicted molar refractivity (Wildman–Crippen MR) is 104 cm³/mol. The number of amides is 1. The molecule has 0 saturated heterocycles. The van der Waals surface area contributed by atoms with Crippen LogP contribution in [0.3, 0.4) is 0 Å². The molecule has 3 heterocycles. The minimum Gasteiger partial charge on any atom is -0.463 e. The van der Waals surface area contributed by atoms with Crippen LogP contribution in [0.5, 0.6) is 0 Å². The number of hydrogen-bond donors (Lipinski definition) is 1. The average molecular weight is 393 g/mol. The first kappa shape index (κ1) is 17.9. The van der Waals surface area contributed by atoms with E-state index in [0.717, 1.165) is 0 Å². The molecule has 0 unspecified atom stereocenters. The van der Waals surface area contributed by atoms with Crippen LogP contribution < -0.4 is 5.32 Å². The van der Waals surface area contributed by atoms with E-state index in [-0.39, 0.29) is 17.4 Å². The maximum absolute atomic E-state index is 12.2. The molecule has 0 aliphatic heterocycles. The lowest BCUT2D eigenvalue weighted by molar-refractivity contribution is -0.113. The first-order valence-corrected chi connectivity index (χ1v) is 9.39.